The Kier molecular flexibility index (Phi) is 4.90. The van der Waals surface area contributed by atoms with E-state index in [4.69, 9.17) is 0 Å². The maximum absolute atomic E-state index is 12.2. The van der Waals surface area contributed by atoms with Crippen molar-refractivity contribution in [1.29, 1.82) is 0 Å². The first-order valence-corrected chi connectivity index (χ1v) is 7.09. The summed E-state index contributed by atoms with van der Waals surface area (Å²) in [5.41, 5.74) is 0.206. The number of hydrogen-bond acceptors (Lipinski definition) is 5. The molecule has 20 heavy (non-hydrogen) atoms. The summed E-state index contributed by atoms with van der Waals surface area (Å²) in [5, 5.41) is 2.42. The zero-order valence-corrected chi connectivity index (χ0v) is 12.5. The zero-order chi connectivity index (χ0) is 15.5. The Morgan fingerprint density at radius 1 is 1.45 bits per heavy atom. The number of aromatic nitrogens is 1. The first-order chi connectivity index (χ1) is 9.23. The number of aryl methyl sites for hydroxylation is 1. The lowest BCUT2D eigenvalue weighted by Gasteiger charge is -2.14. The highest BCUT2D eigenvalue weighted by atomic mass is 32.2. The average molecular weight is 303 g/mol. The summed E-state index contributed by atoms with van der Waals surface area (Å²) in [5.74, 6) is -1.07. The molecule has 1 amide bonds. The van der Waals surface area contributed by atoms with Crippen molar-refractivity contribution in [3.8, 4) is 0 Å². The van der Waals surface area contributed by atoms with Crippen LogP contribution in [0.4, 0.5) is 0 Å². The standard InChI is InChI=1S/C11H17N3O5S/c1-12-11(16)9-5-8(6-13(9)2)20(17,18)14(3)7-10(15)19-4/h5-6H,7H2,1-4H3,(H,12,16). The molecule has 1 rings (SSSR count). The van der Waals surface area contributed by atoms with Gasteiger partial charge < -0.3 is 14.6 Å². The Labute approximate surface area is 117 Å². The van der Waals surface area contributed by atoms with Crippen LogP contribution < -0.4 is 5.32 Å². The van der Waals surface area contributed by atoms with E-state index in [1.54, 1.807) is 7.05 Å². The number of amides is 1. The van der Waals surface area contributed by atoms with Gasteiger partial charge in [-0.25, -0.2) is 8.42 Å². The van der Waals surface area contributed by atoms with Crippen molar-refractivity contribution in [3.63, 3.8) is 0 Å². The summed E-state index contributed by atoms with van der Waals surface area (Å²) in [6, 6.07) is 1.25. The van der Waals surface area contributed by atoms with E-state index in [-0.39, 0.29) is 10.6 Å². The molecule has 0 aromatic carbocycles. The van der Waals surface area contributed by atoms with Gasteiger partial charge in [0, 0.05) is 27.3 Å². The van der Waals surface area contributed by atoms with Crippen LogP contribution in [0.1, 0.15) is 10.5 Å². The van der Waals surface area contributed by atoms with Crippen molar-refractivity contribution in [2.45, 2.75) is 4.90 Å². The van der Waals surface area contributed by atoms with Crippen molar-refractivity contribution in [2.24, 2.45) is 7.05 Å². The number of ether oxygens (including phenoxy) is 1. The predicted molar refractivity (Wildman–Crippen MR) is 70.6 cm³/mol. The second-order valence-corrected chi connectivity index (χ2v) is 6.13. The van der Waals surface area contributed by atoms with E-state index in [1.807, 2.05) is 0 Å². The monoisotopic (exact) mass is 303 g/mol. The van der Waals surface area contributed by atoms with Crippen LogP contribution in [0.5, 0.6) is 0 Å². The van der Waals surface area contributed by atoms with Gasteiger partial charge in [0.05, 0.1) is 7.11 Å². The molecule has 0 radical (unpaired) electrons. The third-order valence-corrected chi connectivity index (χ3v) is 4.50. The smallest absolute Gasteiger partial charge is 0.321 e. The molecule has 0 aliphatic rings. The van der Waals surface area contributed by atoms with E-state index in [9.17, 15) is 18.0 Å². The summed E-state index contributed by atoms with van der Waals surface area (Å²) in [4.78, 5) is 22.6. The van der Waals surface area contributed by atoms with Gasteiger partial charge in [-0.05, 0) is 6.07 Å². The SMILES string of the molecule is CNC(=O)c1cc(S(=O)(=O)N(C)CC(=O)OC)cn1C. The summed E-state index contributed by atoms with van der Waals surface area (Å²) in [7, 11) is 1.59. The largest absolute Gasteiger partial charge is 0.468 e. The Balaban J connectivity index is 3.10. The lowest BCUT2D eigenvalue weighted by molar-refractivity contribution is -0.140. The lowest BCUT2D eigenvalue weighted by Crippen LogP contribution is -2.32. The van der Waals surface area contributed by atoms with E-state index in [1.165, 1.54) is 38.0 Å². The van der Waals surface area contributed by atoms with Crippen LogP contribution >= 0.6 is 0 Å². The topological polar surface area (TPSA) is 97.7 Å². The van der Waals surface area contributed by atoms with Gasteiger partial charge in [-0.3, -0.25) is 9.59 Å². The molecule has 0 spiro atoms. The number of rotatable bonds is 5. The van der Waals surface area contributed by atoms with E-state index < -0.39 is 28.4 Å². The molecule has 112 valence electrons. The molecule has 0 saturated carbocycles. The third kappa shape index (κ3) is 3.17. The van der Waals surface area contributed by atoms with E-state index >= 15 is 0 Å². The predicted octanol–water partition coefficient (Wildman–Crippen LogP) is -0.822. The highest BCUT2D eigenvalue weighted by Crippen LogP contribution is 2.17. The van der Waals surface area contributed by atoms with Crippen molar-refractivity contribution in [1.82, 2.24) is 14.2 Å². The number of methoxy groups -OCH3 is 1. The lowest BCUT2D eigenvalue weighted by atomic mass is 10.4. The fourth-order valence-electron chi connectivity index (χ4n) is 1.54. The minimum atomic E-state index is -3.86. The van der Waals surface area contributed by atoms with Gasteiger partial charge in [0.15, 0.2) is 0 Å². The Hall–Kier alpha value is -1.87. The number of esters is 1. The molecule has 1 aromatic rings. The normalized spacial score (nSPS) is 11.4. The van der Waals surface area contributed by atoms with Gasteiger partial charge in [0.2, 0.25) is 10.0 Å². The van der Waals surface area contributed by atoms with Crippen LogP contribution in [-0.4, -0.2) is 56.9 Å². The van der Waals surface area contributed by atoms with Crippen LogP contribution in [0.15, 0.2) is 17.2 Å². The number of carbonyl (C=O) groups is 2. The van der Waals surface area contributed by atoms with Crippen molar-refractivity contribution < 1.29 is 22.7 Å². The number of hydrogen-bond donors (Lipinski definition) is 1. The molecule has 0 bridgehead atoms. The van der Waals surface area contributed by atoms with Gasteiger partial charge in [-0.2, -0.15) is 4.31 Å². The molecule has 8 nitrogen and oxygen atoms in total. The molecule has 1 heterocycles. The molecule has 0 fully saturated rings. The Morgan fingerprint density at radius 2 is 2.05 bits per heavy atom. The fourth-order valence-corrected chi connectivity index (χ4v) is 2.73. The van der Waals surface area contributed by atoms with E-state index in [2.05, 4.69) is 10.1 Å². The first kappa shape index (κ1) is 16.2. The van der Waals surface area contributed by atoms with Crippen molar-refractivity contribution in [3.05, 3.63) is 18.0 Å². The van der Waals surface area contributed by atoms with Crippen LogP contribution in [0.2, 0.25) is 0 Å². The molecule has 0 atom stereocenters. The van der Waals surface area contributed by atoms with Gasteiger partial charge in [0.25, 0.3) is 5.91 Å². The zero-order valence-electron chi connectivity index (χ0n) is 11.7. The maximum atomic E-state index is 12.2. The second kappa shape index (κ2) is 6.06. The number of likely N-dealkylation sites (N-methyl/N-ethyl adjacent to an activating group) is 1. The summed E-state index contributed by atoms with van der Waals surface area (Å²) < 4.78 is 31.2. The van der Waals surface area contributed by atoms with E-state index in [0.29, 0.717) is 0 Å². The van der Waals surface area contributed by atoms with Gasteiger partial charge in [0.1, 0.15) is 17.1 Å². The summed E-state index contributed by atoms with van der Waals surface area (Å²) in [6.07, 6.45) is 1.31. The average Bonchev–Trinajstić information content (AvgIpc) is 2.80. The second-order valence-electron chi connectivity index (χ2n) is 4.09. The quantitative estimate of drug-likeness (QED) is 0.717. The Bertz CT molecular complexity index is 620. The fraction of sp³-hybridized carbons (Fsp3) is 0.455. The van der Waals surface area contributed by atoms with Crippen LogP contribution in [0.3, 0.4) is 0 Å². The number of carbonyl (C=O) groups excluding carboxylic acids is 2. The minimum Gasteiger partial charge on any atom is -0.468 e. The third-order valence-electron chi connectivity index (χ3n) is 2.73. The van der Waals surface area contributed by atoms with Crippen LogP contribution in [0, 0.1) is 0 Å². The molecule has 0 aliphatic heterocycles. The van der Waals surface area contributed by atoms with Crippen molar-refractivity contribution >= 4 is 21.9 Å². The molecule has 0 unspecified atom stereocenters. The van der Waals surface area contributed by atoms with Crippen molar-refractivity contribution in [2.75, 3.05) is 27.7 Å². The number of nitrogens with one attached hydrogen (secondary N) is 1. The highest BCUT2D eigenvalue weighted by molar-refractivity contribution is 7.89. The summed E-state index contributed by atoms with van der Waals surface area (Å²) >= 11 is 0. The molecular formula is C11H17N3O5S. The molecule has 1 N–H and O–H groups in total. The number of nitrogens with zero attached hydrogens (tertiary/aromatic N) is 2. The molecule has 1 aromatic heterocycles. The minimum absolute atomic E-state index is 0.0648. The molecule has 9 heteroatoms. The van der Waals surface area contributed by atoms with Crippen LogP contribution in [0.25, 0.3) is 0 Å². The molecule has 0 saturated heterocycles. The van der Waals surface area contributed by atoms with Gasteiger partial charge >= 0.3 is 5.97 Å². The van der Waals surface area contributed by atoms with E-state index in [0.717, 1.165) is 4.31 Å². The van der Waals surface area contributed by atoms with Gasteiger partial charge in [-0.15, -0.1) is 0 Å². The molecular weight excluding hydrogens is 286 g/mol. The first-order valence-electron chi connectivity index (χ1n) is 5.65. The summed E-state index contributed by atoms with van der Waals surface area (Å²) in [6.45, 7) is -0.400. The molecule has 0 aliphatic carbocycles. The maximum Gasteiger partial charge on any atom is 0.321 e. The van der Waals surface area contributed by atoms with Gasteiger partial charge in [-0.1, -0.05) is 0 Å². The highest BCUT2D eigenvalue weighted by Gasteiger charge is 2.26. The Morgan fingerprint density at radius 3 is 2.55 bits per heavy atom. The van der Waals surface area contributed by atoms with Crippen LogP contribution in [-0.2, 0) is 26.6 Å². The number of sulfonamides is 1.